The van der Waals surface area contributed by atoms with Gasteiger partial charge in [0.05, 0.1) is 11.5 Å². The summed E-state index contributed by atoms with van der Waals surface area (Å²) in [6, 6.07) is 5.07. The molecule has 0 unspecified atom stereocenters. The summed E-state index contributed by atoms with van der Waals surface area (Å²) in [4.78, 5) is 23.9. The van der Waals surface area contributed by atoms with Crippen LogP contribution in [0.5, 0.6) is 0 Å². The summed E-state index contributed by atoms with van der Waals surface area (Å²) < 4.78 is 13.2. The summed E-state index contributed by atoms with van der Waals surface area (Å²) >= 11 is 1.58. The molecule has 1 N–H and O–H groups in total. The van der Waals surface area contributed by atoms with Crippen molar-refractivity contribution in [3.05, 3.63) is 61.1 Å². The topological polar surface area (TPSA) is 72.2 Å². The van der Waals surface area contributed by atoms with Gasteiger partial charge in [0.15, 0.2) is 0 Å². The molecule has 110 valence electrons. The number of carbonyl (C=O) groups excluding carboxylic acids is 1. The zero-order valence-corrected chi connectivity index (χ0v) is 12.3. The summed E-state index contributed by atoms with van der Waals surface area (Å²) in [7, 11) is 0. The van der Waals surface area contributed by atoms with Gasteiger partial charge in [-0.25, -0.2) is 0 Å². The van der Waals surface area contributed by atoms with Gasteiger partial charge in [-0.05, 0) is 37.6 Å². The second-order valence-corrected chi connectivity index (χ2v) is 5.90. The molecule has 1 aromatic heterocycles. The molecule has 2 aromatic rings. The Bertz CT molecular complexity index is 693. The van der Waals surface area contributed by atoms with Gasteiger partial charge < -0.3 is 5.32 Å². The molecule has 0 bridgehead atoms. The smallest absolute Gasteiger partial charge is 0.305 e. The molecule has 0 spiro atoms. The van der Waals surface area contributed by atoms with Crippen LogP contribution in [0.4, 0.5) is 10.1 Å². The van der Waals surface area contributed by atoms with Crippen LogP contribution < -0.4 is 5.32 Å². The molecular weight excluding hydrogens is 295 g/mol. The Morgan fingerprint density at radius 2 is 2.10 bits per heavy atom. The molecule has 5 nitrogen and oxygen atoms in total. The average molecular weight is 308 g/mol. The van der Waals surface area contributed by atoms with E-state index < -0.39 is 22.3 Å². The monoisotopic (exact) mass is 308 g/mol. The molecule has 7 heteroatoms. The van der Waals surface area contributed by atoms with Crippen molar-refractivity contribution in [2.75, 3.05) is 0 Å². The second-order valence-electron chi connectivity index (χ2n) is 4.56. The maximum Gasteiger partial charge on any atom is 0.305 e. The molecule has 0 aliphatic heterocycles. The molecule has 0 radical (unpaired) electrons. The predicted octanol–water partition coefficient (Wildman–Crippen LogP) is 3.34. The fourth-order valence-electron chi connectivity index (χ4n) is 1.80. The molecule has 0 atom stereocenters. The van der Waals surface area contributed by atoms with Crippen molar-refractivity contribution >= 4 is 22.9 Å². The van der Waals surface area contributed by atoms with Crippen LogP contribution in [0.1, 0.15) is 25.7 Å². The largest absolute Gasteiger partial charge is 0.347 e. The number of nitro benzene ring substituents is 1. The van der Waals surface area contributed by atoms with Crippen LogP contribution in [-0.4, -0.2) is 10.8 Å². The van der Waals surface area contributed by atoms with Gasteiger partial charge in [0.2, 0.25) is 5.82 Å². The minimum absolute atomic E-state index is 0.0631. The summed E-state index contributed by atoms with van der Waals surface area (Å²) in [5, 5.41) is 13.3. The third kappa shape index (κ3) is 3.43. The van der Waals surface area contributed by atoms with E-state index in [0.717, 1.165) is 22.6 Å². The molecule has 1 amide bonds. The van der Waals surface area contributed by atoms with Crippen LogP contribution in [0, 0.1) is 29.8 Å². The first kappa shape index (κ1) is 15.1. The van der Waals surface area contributed by atoms with E-state index in [1.807, 2.05) is 19.9 Å². The van der Waals surface area contributed by atoms with Crippen LogP contribution >= 0.6 is 11.3 Å². The average Bonchev–Trinajstić information content (AvgIpc) is 2.75. The molecule has 0 saturated heterocycles. The number of amides is 1. The van der Waals surface area contributed by atoms with E-state index in [-0.39, 0.29) is 5.56 Å². The van der Waals surface area contributed by atoms with E-state index in [2.05, 4.69) is 5.32 Å². The number of hydrogen-bond donors (Lipinski definition) is 1. The molecule has 2 rings (SSSR count). The lowest BCUT2D eigenvalue weighted by molar-refractivity contribution is -0.387. The van der Waals surface area contributed by atoms with Crippen molar-refractivity contribution in [1.29, 1.82) is 0 Å². The van der Waals surface area contributed by atoms with E-state index in [9.17, 15) is 19.3 Å². The number of nitro groups is 1. The summed E-state index contributed by atoms with van der Waals surface area (Å²) in [6.45, 7) is 4.32. The van der Waals surface area contributed by atoms with Crippen LogP contribution in [0.15, 0.2) is 24.3 Å². The van der Waals surface area contributed by atoms with Gasteiger partial charge in [0, 0.05) is 21.4 Å². The Hall–Kier alpha value is -2.28. The van der Waals surface area contributed by atoms with E-state index in [4.69, 9.17) is 0 Å². The van der Waals surface area contributed by atoms with E-state index in [1.165, 1.54) is 10.9 Å². The highest BCUT2D eigenvalue weighted by atomic mass is 32.1. The fraction of sp³-hybridized carbons (Fsp3) is 0.214. The van der Waals surface area contributed by atoms with Crippen molar-refractivity contribution in [3.8, 4) is 0 Å². The zero-order valence-electron chi connectivity index (χ0n) is 11.5. The Labute approximate surface area is 124 Å². The minimum Gasteiger partial charge on any atom is -0.347 e. The van der Waals surface area contributed by atoms with Crippen molar-refractivity contribution < 1.29 is 14.1 Å². The van der Waals surface area contributed by atoms with Gasteiger partial charge in [-0.3, -0.25) is 14.9 Å². The normalized spacial score (nSPS) is 10.4. The summed E-state index contributed by atoms with van der Waals surface area (Å²) in [6.07, 6.45) is 0. The molecule has 1 aromatic carbocycles. The molecular formula is C14H13FN2O3S. The molecule has 0 saturated carbocycles. The summed E-state index contributed by atoms with van der Waals surface area (Å²) in [5.41, 5.74) is 0.514. The number of nitrogens with one attached hydrogen (secondary N) is 1. The number of rotatable bonds is 4. The number of aryl methyl sites for hydroxylation is 2. The molecule has 0 aliphatic rings. The Morgan fingerprint density at radius 1 is 1.38 bits per heavy atom. The second kappa shape index (κ2) is 6.01. The molecule has 1 heterocycles. The van der Waals surface area contributed by atoms with E-state index in [1.54, 1.807) is 11.3 Å². The van der Waals surface area contributed by atoms with Gasteiger partial charge >= 0.3 is 5.69 Å². The van der Waals surface area contributed by atoms with Crippen molar-refractivity contribution in [2.24, 2.45) is 0 Å². The number of hydrogen-bond acceptors (Lipinski definition) is 4. The van der Waals surface area contributed by atoms with Crippen LogP contribution in [0.3, 0.4) is 0 Å². The highest BCUT2D eigenvalue weighted by Gasteiger charge is 2.17. The number of halogens is 1. The van der Waals surface area contributed by atoms with Crippen molar-refractivity contribution in [1.82, 2.24) is 5.32 Å². The highest BCUT2D eigenvalue weighted by Crippen LogP contribution is 2.21. The summed E-state index contributed by atoms with van der Waals surface area (Å²) in [5.74, 6) is -1.43. The fourth-order valence-corrected chi connectivity index (χ4v) is 2.79. The lowest BCUT2D eigenvalue weighted by Crippen LogP contribution is -2.22. The Kier molecular flexibility index (Phi) is 4.32. The Morgan fingerprint density at radius 3 is 2.67 bits per heavy atom. The van der Waals surface area contributed by atoms with Crippen molar-refractivity contribution in [3.63, 3.8) is 0 Å². The van der Waals surface area contributed by atoms with Gasteiger partial charge in [-0.1, -0.05) is 0 Å². The quantitative estimate of drug-likeness (QED) is 0.695. The standard InChI is InChI=1S/C14H13FN2O3S/c1-8-5-11(21-9(8)2)7-16-14(18)10-3-4-12(15)13(6-10)17(19)20/h3-6H,7H2,1-2H3,(H,16,18). The zero-order chi connectivity index (χ0) is 15.6. The van der Waals surface area contributed by atoms with Crippen LogP contribution in [-0.2, 0) is 6.54 Å². The van der Waals surface area contributed by atoms with Gasteiger partial charge in [-0.15, -0.1) is 11.3 Å². The first-order valence-electron chi connectivity index (χ1n) is 6.16. The van der Waals surface area contributed by atoms with Crippen LogP contribution in [0.25, 0.3) is 0 Å². The van der Waals surface area contributed by atoms with E-state index in [0.29, 0.717) is 6.54 Å². The molecule has 0 fully saturated rings. The maximum atomic E-state index is 13.2. The van der Waals surface area contributed by atoms with Gasteiger partial charge in [-0.2, -0.15) is 4.39 Å². The van der Waals surface area contributed by atoms with Gasteiger partial charge in [0.25, 0.3) is 5.91 Å². The molecule has 21 heavy (non-hydrogen) atoms. The first-order chi connectivity index (χ1) is 9.88. The van der Waals surface area contributed by atoms with Crippen LogP contribution in [0.2, 0.25) is 0 Å². The molecule has 0 aliphatic carbocycles. The third-order valence-electron chi connectivity index (χ3n) is 3.05. The van der Waals surface area contributed by atoms with Crippen molar-refractivity contribution in [2.45, 2.75) is 20.4 Å². The third-order valence-corrected chi connectivity index (χ3v) is 4.20. The SMILES string of the molecule is Cc1cc(CNC(=O)c2ccc(F)c([N+](=O)[O-])c2)sc1C. The number of nitrogens with zero attached hydrogens (tertiary/aromatic N) is 1. The number of carbonyl (C=O) groups is 1. The number of benzene rings is 1. The predicted molar refractivity (Wildman–Crippen MR) is 78.0 cm³/mol. The highest BCUT2D eigenvalue weighted by molar-refractivity contribution is 7.12. The minimum atomic E-state index is -0.957. The Balaban J connectivity index is 2.10. The van der Waals surface area contributed by atoms with Gasteiger partial charge in [0.1, 0.15) is 0 Å². The first-order valence-corrected chi connectivity index (χ1v) is 6.98. The lowest BCUT2D eigenvalue weighted by atomic mass is 10.2. The maximum absolute atomic E-state index is 13.2. The lowest BCUT2D eigenvalue weighted by Gasteiger charge is -2.04. The van der Waals surface area contributed by atoms with E-state index >= 15 is 0 Å². The number of thiophene rings is 1.